The average Bonchev–Trinajstić information content (AvgIpc) is 3.44. The number of hydrogen-bond acceptors (Lipinski definition) is 15. The van der Waals surface area contributed by atoms with Crippen LogP contribution >= 0.6 is 15.6 Å². The van der Waals surface area contributed by atoms with Crippen molar-refractivity contribution in [3.8, 4) is 0 Å². The molecule has 6 atom stereocenters. The normalized spacial score (nSPS) is 14.4. The fourth-order valence-electron chi connectivity index (χ4n) is 10.9. The molecule has 0 aromatic rings. The van der Waals surface area contributed by atoms with Crippen LogP contribution in [0, 0.1) is 11.8 Å². The van der Waals surface area contributed by atoms with Gasteiger partial charge in [0.1, 0.15) is 19.3 Å². The number of aliphatic hydroxyl groups is 1. The highest BCUT2D eigenvalue weighted by Gasteiger charge is 2.30. The molecule has 0 aromatic carbocycles. The Bertz CT molecular complexity index is 1770. The number of ether oxygens (including phenoxy) is 4. The summed E-state index contributed by atoms with van der Waals surface area (Å²) in [5.41, 5.74) is 0. The maximum Gasteiger partial charge on any atom is 0.472 e. The predicted octanol–water partition coefficient (Wildman–Crippen LogP) is 20.8. The van der Waals surface area contributed by atoms with Crippen LogP contribution in [-0.4, -0.2) is 96.7 Å². The Morgan fingerprint density at radius 3 is 0.835 bits per heavy atom. The molecular weight excluding hydrogens is 1200 g/mol. The van der Waals surface area contributed by atoms with Gasteiger partial charge in [-0.1, -0.05) is 318 Å². The first-order valence-electron chi connectivity index (χ1n) is 37.5. The lowest BCUT2D eigenvalue weighted by molar-refractivity contribution is -0.161. The van der Waals surface area contributed by atoms with Gasteiger partial charge in [-0.25, -0.2) is 9.13 Å². The van der Waals surface area contributed by atoms with Crippen LogP contribution in [0.1, 0.15) is 369 Å². The first-order chi connectivity index (χ1) is 43.9. The molecule has 0 saturated heterocycles. The van der Waals surface area contributed by atoms with Crippen LogP contribution in [0.25, 0.3) is 0 Å². The van der Waals surface area contributed by atoms with Gasteiger partial charge in [0.25, 0.3) is 0 Å². The van der Waals surface area contributed by atoms with E-state index in [2.05, 4.69) is 41.5 Å². The van der Waals surface area contributed by atoms with Gasteiger partial charge in [0.15, 0.2) is 12.2 Å². The van der Waals surface area contributed by atoms with Crippen LogP contribution in [0.5, 0.6) is 0 Å². The molecule has 0 spiro atoms. The second-order valence-corrected chi connectivity index (χ2v) is 29.6. The van der Waals surface area contributed by atoms with E-state index in [4.69, 9.17) is 37.0 Å². The van der Waals surface area contributed by atoms with E-state index < -0.39 is 97.5 Å². The van der Waals surface area contributed by atoms with E-state index in [0.717, 1.165) is 108 Å². The van der Waals surface area contributed by atoms with Gasteiger partial charge in [-0.15, -0.1) is 0 Å². The Labute approximate surface area is 556 Å². The quantitative estimate of drug-likeness (QED) is 0.0222. The summed E-state index contributed by atoms with van der Waals surface area (Å²) < 4.78 is 68.3. The van der Waals surface area contributed by atoms with Crippen molar-refractivity contribution in [3.05, 3.63) is 0 Å². The second-order valence-electron chi connectivity index (χ2n) is 26.7. The van der Waals surface area contributed by atoms with Gasteiger partial charge in [0.2, 0.25) is 0 Å². The van der Waals surface area contributed by atoms with Crippen molar-refractivity contribution in [2.75, 3.05) is 39.6 Å². The van der Waals surface area contributed by atoms with Gasteiger partial charge in [0, 0.05) is 25.7 Å². The minimum atomic E-state index is -4.95. The van der Waals surface area contributed by atoms with Gasteiger partial charge in [-0.05, 0) is 37.5 Å². The second kappa shape index (κ2) is 64.1. The van der Waals surface area contributed by atoms with E-state index in [0.29, 0.717) is 25.7 Å². The Morgan fingerprint density at radius 1 is 0.319 bits per heavy atom. The van der Waals surface area contributed by atoms with Crippen LogP contribution in [0.15, 0.2) is 0 Å². The lowest BCUT2D eigenvalue weighted by atomic mass is 9.99. The van der Waals surface area contributed by atoms with Gasteiger partial charge < -0.3 is 33.8 Å². The third kappa shape index (κ3) is 65.1. The van der Waals surface area contributed by atoms with E-state index >= 15 is 0 Å². The number of carbonyl (C=O) groups is 4. The number of rotatable bonds is 71. The minimum Gasteiger partial charge on any atom is -0.462 e. The Kier molecular flexibility index (Phi) is 62.7. The molecule has 0 amide bonds. The highest BCUT2D eigenvalue weighted by atomic mass is 31.2. The van der Waals surface area contributed by atoms with Crippen molar-refractivity contribution in [1.29, 1.82) is 0 Å². The van der Waals surface area contributed by atoms with E-state index in [-0.39, 0.29) is 25.7 Å². The molecule has 0 aliphatic rings. The zero-order valence-electron chi connectivity index (χ0n) is 59.1. The highest BCUT2D eigenvalue weighted by Crippen LogP contribution is 2.45. The summed E-state index contributed by atoms with van der Waals surface area (Å²) in [6, 6.07) is 0. The maximum atomic E-state index is 13.0. The van der Waals surface area contributed by atoms with Gasteiger partial charge in [-0.3, -0.25) is 37.3 Å². The zero-order valence-corrected chi connectivity index (χ0v) is 60.9. The summed E-state index contributed by atoms with van der Waals surface area (Å²) in [5, 5.41) is 10.6. The third-order valence-corrected chi connectivity index (χ3v) is 19.0. The highest BCUT2D eigenvalue weighted by molar-refractivity contribution is 7.47. The van der Waals surface area contributed by atoms with E-state index in [1.165, 1.54) is 180 Å². The molecule has 0 bridgehead atoms. The van der Waals surface area contributed by atoms with Crippen molar-refractivity contribution in [2.45, 2.75) is 387 Å². The molecule has 3 N–H and O–H groups in total. The topological polar surface area (TPSA) is 237 Å². The molecule has 3 unspecified atom stereocenters. The largest absolute Gasteiger partial charge is 0.472 e. The number of aliphatic hydroxyl groups excluding tert-OH is 1. The molecular formula is C72H140O17P2. The van der Waals surface area contributed by atoms with E-state index in [9.17, 15) is 43.2 Å². The predicted molar refractivity (Wildman–Crippen MR) is 368 cm³/mol. The SMILES string of the molecule is CCCCCCCCCCCCC(=O)O[C@H](COC(=O)CCCCCCCCCC)COP(=O)(O)OC[C@H](O)COP(=O)(O)OC[C@@H](COC(=O)CCCCCCCCCCCCC(C)CC)OC(=O)CCCCCCCCCCCCCCCCCCC(C)C. The molecule has 540 valence electrons. The number of phosphoric ester groups is 2. The standard InChI is InChI=1S/C72H140O17P2/c1-7-10-12-14-16-18-31-38-44-50-56-71(76)88-67(60-82-69(74)54-48-42-36-17-15-13-11-8-2)62-86-90(78,79)84-58-66(73)59-85-91(80,81)87-63-68(61-83-70(75)55-49-43-37-32-28-27-30-35-41-47-53-65(6)9-3)89-72(77)57-51-45-39-33-26-24-22-20-19-21-23-25-29-34-40-46-52-64(4)5/h64-68,73H,7-63H2,1-6H3,(H,78,79)(H,80,81)/t65?,66-,67+,68+/m0/s1. The van der Waals surface area contributed by atoms with Crippen molar-refractivity contribution in [2.24, 2.45) is 11.8 Å². The van der Waals surface area contributed by atoms with Gasteiger partial charge in [0.05, 0.1) is 26.4 Å². The molecule has 0 radical (unpaired) electrons. The van der Waals surface area contributed by atoms with Crippen LogP contribution in [0.3, 0.4) is 0 Å². The first-order valence-corrected chi connectivity index (χ1v) is 40.5. The lowest BCUT2D eigenvalue weighted by Crippen LogP contribution is -2.30. The zero-order chi connectivity index (χ0) is 67.2. The van der Waals surface area contributed by atoms with Crippen LogP contribution in [0.4, 0.5) is 0 Å². The summed E-state index contributed by atoms with van der Waals surface area (Å²) in [6.45, 7) is 9.59. The molecule has 0 saturated carbocycles. The number of carbonyl (C=O) groups excluding carboxylic acids is 4. The fourth-order valence-corrected chi connectivity index (χ4v) is 12.5. The maximum absolute atomic E-state index is 13.0. The van der Waals surface area contributed by atoms with Crippen molar-refractivity contribution in [1.82, 2.24) is 0 Å². The molecule has 0 aromatic heterocycles. The molecule has 0 aliphatic heterocycles. The minimum absolute atomic E-state index is 0.106. The third-order valence-electron chi connectivity index (χ3n) is 17.1. The van der Waals surface area contributed by atoms with E-state index in [1.807, 2.05) is 0 Å². The summed E-state index contributed by atoms with van der Waals surface area (Å²) in [7, 11) is -9.90. The van der Waals surface area contributed by atoms with Crippen LogP contribution in [0.2, 0.25) is 0 Å². The summed E-state index contributed by atoms with van der Waals surface area (Å²) in [4.78, 5) is 72.5. The average molecular weight is 1340 g/mol. The van der Waals surface area contributed by atoms with Crippen LogP contribution < -0.4 is 0 Å². The van der Waals surface area contributed by atoms with E-state index in [1.54, 1.807) is 0 Å². The Morgan fingerprint density at radius 2 is 0.560 bits per heavy atom. The number of esters is 4. The number of phosphoric acid groups is 2. The summed E-state index contributed by atoms with van der Waals surface area (Å²) in [6.07, 6.45) is 49.9. The molecule has 0 fully saturated rings. The summed E-state index contributed by atoms with van der Waals surface area (Å²) >= 11 is 0. The smallest absolute Gasteiger partial charge is 0.462 e. The fraction of sp³-hybridized carbons (Fsp3) is 0.944. The molecule has 0 heterocycles. The number of unbranched alkanes of at least 4 members (excludes halogenated alkanes) is 40. The molecule has 91 heavy (non-hydrogen) atoms. The summed E-state index contributed by atoms with van der Waals surface area (Å²) in [5.74, 6) is -0.505. The molecule has 19 heteroatoms. The van der Waals surface area contributed by atoms with Crippen LogP contribution in [-0.2, 0) is 65.4 Å². The van der Waals surface area contributed by atoms with Crippen molar-refractivity contribution in [3.63, 3.8) is 0 Å². The van der Waals surface area contributed by atoms with Gasteiger partial charge >= 0.3 is 39.5 Å². The van der Waals surface area contributed by atoms with Gasteiger partial charge in [-0.2, -0.15) is 0 Å². The Balaban J connectivity index is 5.20. The van der Waals surface area contributed by atoms with Crippen molar-refractivity contribution < 1.29 is 80.2 Å². The monoisotopic (exact) mass is 1340 g/mol. The number of hydrogen-bond donors (Lipinski definition) is 3. The first kappa shape index (κ1) is 89.1. The lowest BCUT2D eigenvalue weighted by Gasteiger charge is -2.21. The molecule has 17 nitrogen and oxygen atoms in total. The molecule has 0 rings (SSSR count). The Hall–Kier alpha value is -1.94. The van der Waals surface area contributed by atoms with Crippen molar-refractivity contribution >= 4 is 39.5 Å². The molecule has 0 aliphatic carbocycles.